The summed E-state index contributed by atoms with van der Waals surface area (Å²) in [5.74, 6) is 0.377. The minimum atomic E-state index is -2.50. The van der Waals surface area contributed by atoms with E-state index in [0.29, 0.717) is 17.5 Å². The van der Waals surface area contributed by atoms with Gasteiger partial charge in [0, 0.05) is 42.6 Å². The average molecular weight is 319 g/mol. The number of hydrogen-bond acceptors (Lipinski definition) is 2. The fraction of sp³-hybridized carbons (Fsp3) is 0.500. The van der Waals surface area contributed by atoms with Gasteiger partial charge in [-0.2, -0.15) is 5.10 Å². The van der Waals surface area contributed by atoms with Crippen molar-refractivity contribution in [2.24, 2.45) is 7.05 Å². The van der Waals surface area contributed by atoms with Crippen LogP contribution in [-0.4, -0.2) is 22.4 Å². The van der Waals surface area contributed by atoms with Gasteiger partial charge in [0.25, 0.3) is 6.43 Å². The van der Waals surface area contributed by atoms with E-state index >= 15 is 0 Å². The fourth-order valence-electron chi connectivity index (χ4n) is 3.40. The van der Waals surface area contributed by atoms with Gasteiger partial charge >= 0.3 is 0 Å². The molecule has 0 amide bonds. The van der Waals surface area contributed by atoms with E-state index in [9.17, 15) is 8.78 Å². The zero-order chi connectivity index (χ0) is 16.7. The summed E-state index contributed by atoms with van der Waals surface area (Å²) in [4.78, 5) is 2.23. The van der Waals surface area contributed by atoms with Crippen molar-refractivity contribution in [2.45, 2.75) is 45.6 Å². The number of aromatic nitrogens is 2. The highest BCUT2D eigenvalue weighted by Crippen LogP contribution is 2.42. The van der Waals surface area contributed by atoms with Gasteiger partial charge in [0.15, 0.2) is 0 Å². The maximum Gasteiger partial charge on any atom is 0.264 e. The van der Waals surface area contributed by atoms with Gasteiger partial charge in [-0.3, -0.25) is 4.68 Å². The minimum absolute atomic E-state index is 0.0940. The maximum absolute atomic E-state index is 13.7. The molecule has 1 aliphatic heterocycles. The Bertz CT molecular complexity index is 706. The lowest BCUT2D eigenvalue weighted by Gasteiger charge is -2.38. The van der Waals surface area contributed by atoms with Crippen LogP contribution < -0.4 is 4.90 Å². The van der Waals surface area contributed by atoms with Crippen molar-refractivity contribution in [1.82, 2.24) is 9.78 Å². The van der Waals surface area contributed by atoms with Crippen LogP contribution in [0.4, 0.5) is 14.5 Å². The molecule has 0 radical (unpaired) electrons. The highest BCUT2D eigenvalue weighted by atomic mass is 19.3. The van der Waals surface area contributed by atoms with Crippen LogP contribution in [0.3, 0.4) is 0 Å². The first-order valence-corrected chi connectivity index (χ1v) is 8.10. The van der Waals surface area contributed by atoms with Crippen LogP contribution >= 0.6 is 0 Å². The molecule has 124 valence electrons. The zero-order valence-corrected chi connectivity index (χ0v) is 14.1. The first-order chi connectivity index (χ1) is 10.9. The summed E-state index contributed by atoms with van der Waals surface area (Å²) in [6.45, 7) is 7.31. The second kappa shape index (κ2) is 5.95. The van der Waals surface area contributed by atoms with Gasteiger partial charge in [0.1, 0.15) is 0 Å². The molecule has 23 heavy (non-hydrogen) atoms. The predicted molar refractivity (Wildman–Crippen MR) is 89.1 cm³/mol. The highest BCUT2D eigenvalue weighted by molar-refractivity contribution is 5.74. The monoisotopic (exact) mass is 319 g/mol. The molecule has 0 bridgehead atoms. The number of alkyl halides is 2. The van der Waals surface area contributed by atoms with Gasteiger partial charge < -0.3 is 4.90 Å². The predicted octanol–water partition coefficient (Wildman–Crippen LogP) is 4.75. The second-order valence-corrected chi connectivity index (χ2v) is 6.68. The molecule has 5 heteroatoms. The zero-order valence-electron chi connectivity index (χ0n) is 14.1. The summed E-state index contributed by atoms with van der Waals surface area (Å²) in [7, 11) is 1.80. The molecular weight excluding hydrogens is 296 g/mol. The first-order valence-electron chi connectivity index (χ1n) is 8.10. The molecule has 0 spiro atoms. The largest absolute Gasteiger partial charge is 0.369 e. The number of hydrogen-bond donors (Lipinski definition) is 0. The third-order valence-corrected chi connectivity index (χ3v) is 4.72. The molecule has 0 saturated carbocycles. The standard InChI is InChI=1S/C18H23F2N3/c1-11(2)23-6-5-12(3)14-7-15(13-9-21-22(4)10-13)16(18(19)20)8-17(14)23/h7-12,18H,5-6H2,1-4H3/t12-/m0/s1. The molecule has 0 saturated heterocycles. The third-order valence-electron chi connectivity index (χ3n) is 4.72. The van der Waals surface area contributed by atoms with E-state index < -0.39 is 6.43 Å². The summed E-state index contributed by atoms with van der Waals surface area (Å²) in [6.07, 6.45) is 2.00. The van der Waals surface area contributed by atoms with Crippen LogP contribution in [0.25, 0.3) is 11.1 Å². The van der Waals surface area contributed by atoms with Gasteiger partial charge in [-0.05, 0) is 49.4 Å². The van der Waals surface area contributed by atoms with E-state index in [1.54, 1.807) is 30.2 Å². The number of nitrogens with zero attached hydrogens (tertiary/aromatic N) is 3. The molecule has 0 N–H and O–H groups in total. The van der Waals surface area contributed by atoms with E-state index in [1.165, 1.54) is 0 Å². The summed E-state index contributed by atoms with van der Waals surface area (Å²) in [5.41, 5.74) is 3.56. The molecule has 2 aromatic rings. The van der Waals surface area contributed by atoms with Crippen molar-refractivity contribution in [1.29, 1.82) is 0 Å². The molecule has 1 atom stereocenters. The van der Waals surface area contributed by atoms with E-state index in [0.717, 1.165) is 29.8 Å². The van der Waals surface area contributed by atoms with E-state index in [-0.39, 0.29) is 5.56 Å². The SMILES string of the molecule is CC(C)N1CC[C@H](C)c2cc(-c3cnn(C)c3)c(C(F)F)cc21. The lowest BCUT2D eigenvalue weighted by molar-refractivity contribution is 0.152. The number of rotatable bonds is 3. The molecule has 0 aliphatic carbocycles. The van der Waals surface area contributed by atoms with Crippen molar-refractivity contribution >= 4 is 5.69 Å². The van der Waals surface area contributed by atoms with Crippen LogP contribution in [0.5, 0.6) is 0 Å². The number of halogens is 2. The molecule has 2 heterocycles. The van der Waals surface area contributed by atoms with Gasteiger partial charge in [-0.25, -0.2) is 8.78 Å². The number of fused-ring (bicyclic) bond motifs is 1. The molecule has 1 aromatic carbocycles. The molecule has 0 unspecified atom stereocenters. The van der Waals surface area contributed by atoms with E-state index in [1.807, 2.05) is 6.07 Å². The van der Waals surface area contributed by atoms with Gasteiger partial charge in [0.05, 0.1) is 6.20 Å². The maximum atomic E-state index is 13.7. The van der Waals surface area contributed by atoms with Crippen molar-refractivity contribution in [3.8, 4) is 11.1 Å². The third kappa shape index (κ3) is 2.84. The Morgan fingerprint density at radius 3 is 2.57 bits per heavy atom. The Balaban J connectivity index is 2.20. The molecule has 3 nitrogen and oxygen atoms in total. The minimum Gasteiger partial charge on any atom is -0.369 e. The smallest absolute Gasteiger partial charge is 0.264 e. The Labute approximate surface area is 135 Å². The molecule has 1 aromatic heterocycles. The number of aryl methyl sites for hydroxylation is 1. The molecule has 1 aliphatic rings. The van der Waals surface area contributed by atoms with Crippen molar-refractivity contribution in [3.05, 3.63) is 35.7 Å². The average Bonchev–Trinajstić information content (AvgIpc) is 2.92. The summed E-state index contributed by atoms with van der Waals surface area (Å²) >= 11 is 0. The van der Waals surface area contributed by atoms with E-state index in [4.69, 9.17) is 0 Å². The van der Waals surface area contributed by atoms with Crippen LogP contribution in [0.1, 0.15) is 50.7 Å². The Hall–Kier alpha value is -1.91. The van der Waals surface area contributed by atoms with Gasteiger partial charge in [0.2, 0.25) is 0 Å². The Morgan fingerprint density at radius 2 is 2.00 bits per heavy atom. The van der Waals surface area contributed by atoms with Crippen LogP contribution in [0, 0.1) is 0 Å². The van der Waals surface area contributed by atoms with Crippen molar-refractivity contribution < 1.29 is 8.78 Å². The molecular formula is C18H23F2N3. The lowest BCUT2D eigenvalue weighted by Crippen LogP contribution is -2.36. The summed E-state index contributed by atoms with van der Waals surface area (Å²) in [6, 6.07) is 3.95. The van der Waals surface area contributed by atoms with Crippen LogP contribution in [0.15, 0.2) is 24.5 Å². The Kier molecular flexibility index (Phi) is 4.13. The number of anilines is 1. The van der Waals surface area contributed by atoms with Crippen LogP contribution in [-0.2, 0) is 7.05 Å². The first kappa shape index (κ1) is 16.0. The quantitative estimate of drug-likeness (QED) is 0.814. The van der Waals surface area contributed by atoms with Crippen molar-refractivity contribution in [3.63, 3.8) is 0 Å². The summed E-state index contributed by atoms with van der Waals surface area (Å²) < 4.78 is 29.0. The van der Waals surface area contributed by atoms with Crippen molar-refractivity contribution in [2.75, 3.05) is 11.4 Å². The van der Waals surface area contributed by atoms with Crippen LogP contribution in [0.2, 0.25) is 0 Å². The van der Waals surface area contributed by atoms with Gasteiger partial charge in [-0.15, -0.1) is 0 Å². The lowest BCUT2D eigenvalue weighted by atomic mass is 9.86. The molecule has 0 fully saturated rings. The fourth-order valence-corrected chi connectivity index (χ4v) is 3.40. The molecule has 3 rings (SSSR count). The van der Waals surface area contributed by atoms with E-state index in [2.05, 4.69) is 30.8 Å². The second-order valence-electron chi connectivity index (χ2n) is 6.68. The highest BCUT2D eigenvalue weighted by Gasteiger charge is 2.28. The normalized spacial score (nSPS) is 17.9. The topological polar surface area (TPSA) is 21.1 Å². The Morgan fingerprint density at radius 1 is 1.26 bits per heavy atom. The van der Waals surface area contributed by atoms with Gasteiger partial charge in [-0.1, -0.05) is 6.92 Å². The summed E-state index contributed by atoms with van der Waals surface area (Å²) in [5, 5.41) is 4.13. The number of benzene rings is 1.